The lowest BCUT2D eigenvalue weighted by atomic mass is 9.66. The second-order valence-corrected chi connectivity index (χ2v) is 18.5. The molecule has 10 nitrogen and oxygen atoms in total. The molecule has 2 atom stereocenters. The van der Waals surface area contributed by atoms with Gasteiger partial charge in [0.2, 0.25) is 0 Å². The summed E-state index contributed by atoms with van der Waals surface area (Å²) in [7, 11) is 0. The number of ether oxygens (including phenoxy) is 2. The van der Waals surface area contributed by atoms with Crippen LogP contribution in [0.2, 0.25) is 0 Å². The predicted octanol–water partition coefficient (Wildman–Crippen LogP) is 10.3. The number of carbonyl (C=O) groups excluding carboxylic acids is 4. The van der Waals surface area contributed by atoms with Gasteiger partial charge in [-0.3, -0.25) is 19.2 Å². The number of nitrogen functional groups attached to an aromatic ring is 2. The van der Waals surface area contributed by atoms with E-state index in [9.17, 15) is 29.4 Å². The Balaban J connectivity index is 1.17. The van der Waals surface area contributed by atoms with Crippen molar-refractivity contribution in [3.63, 3.8) is 0 Å². The molecular formula is C57H66N2O8. The molecule has 10 heteroatoms. The van der Waals surface area contributed by atoms with E-state index in [0.717, 1.165) is 77.0 Å². The molecule has 4 aromatic rings. The van der Waals surface area contributed by atoms with E-state index >= 15 is 0 Å². The fourth-order valence-electron chi connectivity index (χ4n) is 9.51. The molecule has 0 bridgehead atoms. The summed E-state index contributed by atoms with van der Waals surface area (Å²) < 4.78 is 11.4. The molecule has 2 aliphatic rings. The number of nitrogens with two attached hydrogens (primary N) is 2. The third kappa shape index (κ3) is 14.3. The topological polar surface area (TPSA) is 179 Å². The molecule has 0 amide bonds. The van der Waals surface area contributed by atoms with Gasteiger partial charge in [-0.2, -0.15) is 0 Å². The predicted molar refractivity (Wildman–Crippen MR) is 266 cm³/mol. The van der Waals surface area contributed by atoms with Crippen molar-refractivity contribution in [2.75, 3.05) is 11.5 Å². The lowest BCUT2D eigenvalue weighted by Gasteiger charge is -2.40. The van der Waals surface area contributed by atoms with E-state index in [-0.39, 0.29) is 36.6 Å². The van der Waals surface area contributed by atoms with Crippen LogP contribution in [-0.4, -0.2) is 45.9 Å². The van der Waals surface area contributed by atoms with Crippen LogP contribution in [0.25, 0.3) is 12.2 Å². The van der Waals surface area contributed by atoms with Gasteiger partial charge in [-0.15, -0.1) is 13.2 Å². The van der Waals surface area contributed by atoms with Crippen LogP contribution in [0.1, 0.15) is 99.3 Å². The highest BCUT2D eigenvalue weighted by atomic mass is 16.5. The minimum Gasteiger partial charge on any atom is -0.426 e. The van der Waals surface area contributed by atoms with E-state index in [2.05, 4.69) is 13.2 Å². The number of carbonyl (C=O) groups is 4. The van der Waals surface area contributed by atoms with E-state index < -0.39 is 29.2 Å². The third-order valence-electron chi connectivity index (χ3n) is 13.6. The molecular weight excluding hydrogens is 841 g/mol. The first-order chi connectivity index (χ1) is 32.3. The summed E-state index contributed by atoms with van der Waals surface area (Å²) in [4.78, 5) is 54.3. The van der Waals surface area contributed by atoms with Crippen molar-refractivity contribution < 1.29 is 38.9 Å². The number of benzene rings is 4. The number of rotatable bonds is 22. The van der Waals surface area contributed by atoms with Gasteiger partial charge in [0, 0.05) is 16.8 Å². The van der Waals surface area contributed by atoms with Crippen molar-refractivity contribution in [1.82, 2.24) is 0 Å². The Hall–Kier alpha value is -6.36. The lowest BCUT2D eigenvalue weighted by Crippen LogP contribution is -2.54. The van der Waals surface area contributed by atoms with Gasteiger partial charge < -0.3 is 31.2 Å². The molecule has 352 valence electrons. The fraction of sp³-hybridized carbons (Fsp3) is 0.368. The molecule has 67 heavy (non-hydrogen) atoms. The molecule has 2 unspecified atom stereocenters. The molecule has 2 fully saturated rings. The van der Waals surface area contributed by atoms with E-state index in [1.165, 1.54) is 24.3 Å². The van der Waals surface area contributed by atoms with Crippen LogP contribution in [0.5, 0.6) is 11.5 Å². The van der Waals surface area contributed by atoms with Crippen LogP contribution in [0.4, 0.5) is 11.4 Å². The molecule has 6 rings (SSSR count). The second-order valence-electron chi connectivity index (χ2n) is 18.5. The first-order valence-corrected chi connectivity index (χ1v) is 23.7. The van der Waals surface area contributed by atoms with Crippen LogP contribution in [-0.2, 0) is 32.0 Å². The zero-order valence-electron chi connectivity index (χ0n) is 38.5. The van der Waals surface area contributed by atoms with Gasteiger partial charge in [0.15, 0.2) is 11.6 Å². The normalized spacial score (nSPS) is 19.6. The lowest BCUT2D eigenvalue weighted by molar-refractivity contribution is -0.146. The van der Waals surface area contributed by atoms with Crippen LogP contribution in [0.15, 0.2) is 135 Å². The number of aliphatic hydroxyl groups excluding tert-OH is 2. The SMILES string of the molecule is C=CCCC1CCC(C(=O)Oc2ccc(/C=C/C(=O)C(O)C(Cc3ccc(N)cc3)(Cc3ccc(N)cc3)C(O)C(=O)/C=C/c3ccc(OC(=O)C4CCC(CCC=C)CC4)cc3)cc2)CC1. The average molecular weight is 907 g/mol. The van der Waals surface area contributed by atoms with Crippen molar-refractivity contribution in [2.45, 2.75) is 102 Å². The van der Waals surface area contributed by atoms with Crippen molar-refractivity contribution in [3.05, 3.63) is 157 Å². The number of esters is 2. The van der Waals surface area contributed by atoms with Crippen LogP contribution < -0.4 is 20.9 Å². The highest BCUT2D eigenvalue weighted by Gasteiger charge is 2.49. The molecule has 0 heterocycles. The van der Waals surface area contributed by atoms with Gasteiger partial charge in [0.05, 0.1) is 11.8 Å². The number of hydrogen-bond donors (Lipinski definition) is 4. The molecule has 4 aromatic carbocycles. The fourth-order valence-corrected chi connectivity index (χ4v) is 9.51. The summed E-state index contributed by atoms with van der Waals surface area (Å²) in [5, 5.41) is 24.4. The molecule has 2 saturated carbocycles. The number of aliphatic hydroxyl groups is 2. The first kappa shape index (κ1) is 50.1. The van der Waals surface area contributed by atoms with Gasteiger partial charge in [-0.25, -0.2) is 0 Å². The molecule has 0 spiro atoms. The Kier molecular flexibility index (Phi) is 18.2. The Morgan fingerprint density at radius 1 is 0.552 bits per heavy atom. The van der Waals surface area contributed by atoms with Gasteiger partial charge in [0.1, 0.15) is 23.7 Å². The number of ketones is 2. The highest BCUT2D eigenvalue weighted by molar-refractivity contribution is 6.01. The summed E-state index contributed by atoms with van der Waals surface area (Å²) in [5.74, 6) is -0.231. The summed E-state index contributed by atoms with van der Waals surface area (Å²) in [6.07, 6.45) is 16.8. The van der Waals surface area contributed by atoms with E-state index in [4.69, 9.17) is 20.9 Å². The second kappa shape index (κ2) is 24.4. The molecule has 0 radical (unpaired) electrons. The van der Waals surface area contributed by atoms with Crippen molar-refractivity contribution >= 4 is 47.0 Å². The molecule has 6 N–H and O–H groups in total. The smallest absolute Gasteiger partial charge is 0.314 e. The number of hydrogen-bond acceptors (Lipinski definition) is 10. The monoisotopic (exact) mass is 906 g/mol. The maximum Gasteiger partial charge on any atom is 0.314 e. The van der Waals surface area contributed by atoms with E-state index in [1.807, 2.05) is 12.2 Å². The first-order valence-electron chi connectivity index (χ1n) is 23.7. The summed E-state index contributed by atoms with van der Waals surface area (Å²) in [6.45, 7) is 7.62. The van der Waals surface area contributed by atoms with Crippen molar-refractivity contribution in [2.24, 2.45) is 29.1 Å². The van der Waals surface area contributed by atoms with Crippen molar-refractivity contribution in [1.29, 1.82) is 0 Å². The zero-order chi connectivity index (χ0) is 47.8. The highest BCUT2D eigenvalue weighted by Crippen LogP contribution is 2.39. The third-order valence-corrected chi connectivity index (χ3v) is 13.6. The summed E-state index contributed by atoms with van der Waals surface area (Å²) >= 11 is 0. The zero-order valence-corrected chi connectivity index (χ0v) is 38.5. The Labute approximate surface area is 395 Å². The van der Waals surface area contributed by atoms with Gasteiger partial charge in [-0.1, -0.05) is 72.8 Å². The maximum absolute atomic E-state index is 14.2. The van der Waals surface area contributed by atoms with Crippen LogP contribution in [0.3, 0.4) is 0 Å². The summed E-state index contributed by atoms with van der Waals surface area (Å²) in [6, 6.07) is 27.1. The average Bonchev–Trinajstić information content (AvgIpc) is 3.35. The Morgan fingerprint density at radius 3 is 1.22 bits per heavy atom. The Morgan fingerprint density at radius 2 is 0.896 bits per heavy atom. The van der Waals surface area contributed by atoms with E-state index in [0.29, 0.717) is 57.0 Å². The van der Waals surface area contributed by atoms with Crippen LogP contribution in [0, 0.1) is 29.1 Å². The molecule has 0 aliphatic heterocycles. The molecule has 2 aliphatic carbocycles. The largest absolute Gasteiger partial charge is 0.426 e. The molecule has 0 aromatic heterocycles. The number of anilines is 2. The van der Waals surface area contributed by atoms with Crippen molar-refractivity contribution in [3.8, 4) is 11.5 Å². The number of allylic oxidation sites excluding steroid dienone is 2. The quantitative estimate of drug-likeness (QED) is 0.0195. The standard InChI is InChI=1S/C57H66N2O8/c1-3-5-7-39-9-23-45(24-10-39)55(64)66-49-31-17-41(18-32-49)21-35-51(60)53(62)57(37-43-13-27-47(58)28-14-43,38-44-15-29-48(59)30-16-44)54(63)52(61)36-22-42-19-33-50(34-20-42)67-56(65)46-25-11-40(12-26-46)8-6-4-2/h3-4,13-22,27-36,39-40,45-46,53-54,62-63H,1-2,5-12,23-26,37-38,58-59H2/b35-21+,36-22+. The van der Waals surface area contributed by atoms with Crippen LogP contribution >= 0.6 is 0 Å². The van der Waals surface area contributed by atoms with Gasteiger partial charge in [0.25, 0.3) is 0 Å². The summed E-state index contributed by atoms with van der Waals surface area (Å²) in [5.41, 5.74) is 13.7. The van der Waals surface area contributed by atoms with Gasteiger partial charge in [-0.05, 0) is 185 Å². The minimum absolute atomic E-state index is 0.0772. The minimum atomic E-state index is -1.87. The molecule has 0 saturated heterocycles. The van der Waals surface area contributed by atoms with E-state index in [1.54, 1.807) is 97.1 Å². The Bertz CT molecular complexity index is 2170. The van der Waals surface area contributed by atoms with Gasteiger partial charge >= 0.3 is 11.9 Å². The maximum atomic E-state index is 14.2.